The van der Waals surface area contributed by atoms with Crippen LogP contribution in [0.3, 0.4) is 0 Å². The van der Waals surface area contributed by atoms with Gasteiger partial charge in [0, 0.05) is 17.8 Å². The van der Waals surface area contributed by atoms with Gasteiger partial charge in [0.25, 0.3) is 0 Å². The number of benzene rings is 1. The summed E-state index contributed by atoms with van der Waals surface area (Å²) in [5, 5.41) is 3.42. The van der Waals surface area contributed by atoms with Crippen molar-refractivity contribution in [3.05, 3.63) is 35.4 Å². The van der Waals surface area contributed by atoms with Crippen LogP contribution in [0.15, 0.2) is 24.3 Å². The molecule has 0 saturated carbocycles. The molecule has 0 aromatic heterocycles. The van der Waals surface area contributed by atoms with Crippen LogP contribution in [0.25, 0.3) is 6.08 Å². The van der Waals surface area contributed by atoms with E-state index in [4.69, 9.17) is 0 Å². The second kappa shape index (κ2) is 6.60. The van der Waals surface area contributed by atoms with E-state index in [0.717, 1.165) is 11.3 Å². The summed E-state index contributed by atoms with van der Waals surface area (Å²) in [5.41, 5.74) is 3.37. The van der Waals surface area contributed by atoms with Crippen LogP contribution in [0, 0.1) is 0 Å². The zero-order valence-corrected chi connectivity index (χ0v) is 13.3. The smallest absolute Gasteiger partial charge is 0.330 e. The highest BCUT2D eigenvalue weighted by Crippen LogP contribution is 2.28. The van der Waals surface area contributed by atoms with Crippen molar-refractivity contribution in [2.75, 3.05) is 12.4 Å². The zero-order valence-electron chi connectivity index (χ0n) is 13.3. The number of methoxy groups -OCH3 is 1. The topological polar surface area (TPSA) is 38.3 Å². The number of anilines is 1. The summed E-state index contributed by atoms with van der Waals surface area (Å²) in [4.78, 5) is 11.2. The van der Waals surface area contributed by atoms with E-state index in [1.54, 1.807) is 6.08 Å². The second-order valence-corrected chi connectivity index (χ2v) is 6.21. The van der Waals surface area contributed by atoms with Crippen LogP contribution in [0.5, 0.6) is 0 Å². The summed E-state index contributed by atoms with van der Waals surface area (Å²) in [5.74, 6) is -0.347. The molecule has 3 heteroatoms. The largest absolute Gasteiger partial charge is 0.466 e. The van der Waals surface area contributed by atoms with Crippen LogP contribution in [0.4, 0.5) is 5.69 Å². The first-order chi connectivity index (χ1) is 9.24. The average Bonchev–Trinajstić information content (AvgIpc) is 2.34. The molecule has 0 unspecified atom stereocenters. The van der Waals surface area contributed by atoms with E-state index < -0.39 is 0 Å². The predicted molar refractivity (Wildman–Crippen MR) is 85.0 cm³/mol. The molecule has 0 saturated heterocycles. The minimum atomic E-state index is -0.347. The zero-order chi connectivity index (χ0) is 15.3. The Hall–Kier alpha value is -1.77. The Balaban J connectivity index is 3.16. The number of esters is 1. The maximum Gasteiger partial charge on any atom is 0.330 e. The Kier molecular flexibility index (Phi) is 5.37. The van der Waals surface area contributed by atoms with Gasteiger partial charge in [-0.1, -0.05) is 32.9 Å². The van der Waals surface area contributed by atoms with Gasteiger partial charge in [-0.2, -0.15) is 0 Å². The summed E-state index contributed by atoms with van der Waals surface area (Å²) in [7, 11) is 1.38. The molecule has 0 heterocycles. The standard InChI is InChI=1S/C17H25NO2/c1-12(2)18-15-11-14(17(3,4)5)9-7-13(15)8-10-16(19)20-6/h7-12,18H,1-6H3/b10-8+. The maximum atomic E-state index is 11.2. The Bertz CT molecular complexity index is 496. The molecule has 0 bridgehead atoms. The van der Waals surface area contributed by atoms with Crippen molar-refractivity contribution in [2.45, 2.75) is 46.1 Å². The van der Waals surface area contributed by atoms with Gasteiger partial charge in [-0.05, 0) is 42.5 Å². The minimum Gasteiger partial charge on any atom is -0.466 e. The van der Waals surface area contributed by atoms with Crippen LogP contribution in [0.2, 0.25) is 0 Å². The fourth-order valence-electron chi connectivity index (χ4n) is 1.83. The van der Waals surface area contributed by atoms with Gasteiger partial charge in [-0.3, -0.25) is 0 Å². The molecule has 0 amide bonds. The summed E-state index contributed by atoms with van der Waals surface area (Å²) in [6, 6.07) is 6.61. The lowest BCUT2D eigenvalue weighted by Crippen LogP contribution is -2.15. The van der Waals surface area contributed by atoms with Crippen molar-refractivity contribution < 1.29 is 9.53 Å². The molecule has 0 atom stereocenters. The van der Waals surface area contributed by atoms with Gasteiger partial charge in [-0.15, -0.1) is 0 Å². The van der Waals surface area contributed by atoms with Gasteiger partial charge in [0.2, 0.25) is 0 Å². The lowest BCUT2D eigenvalue weighted by molar-refractivity contribution is -0.134. The van der Waals surface area contributed by atoms with Crippen LogP contribution in [-0.2, 0) is 14.9 Å². The first kappa shape index (κ1) is 16.3. The third-order valence-electron chi connectivity index (χ3n) is 2.96. The van der Waals surface area contributed by atoms with Crippen molar-refractivity contribution in [1.29, 1.82) is 0 Å². The fraction of sp³-hybridized carbons (Fsp3) is 0.471. The fourth-order valence-corrected chi connectivity index (χ4v) is 1.83. The van der Waals surface area contributed by atoms with E-state index in [-0.39, 0.29) is 11.4 Å². The van der Waals surface area contributed by atoms with Crippen LogP contribution >= 0.6 is 0 Å². The maximum absolute atomic E-state index is 11.2. The molecule has 1 N–H and O–H groups in total. The molecule has 0 spiro atoms. The predicted octanol–water partition coefficient (Wildman–Crippen LogP) is 3.99. The molecule has 110 valence electrons. The van der Waals surface area contributed by atoms with E-state index in [2.05, 4.69) is 56.8 Å². The van der Waals surface area contributed by atoms with Crippen molar-refractivity contribution in [2.24, 2.45) is 0 Å². The number of hydrogen-bond donors (Lipinski definition) is 1. The quantitative estimate of drug-likeness (QED) is 0.667. The number of carbonyl (C=O) groups excluding carboxylic acids is 1. The van der Waals surface area contributed by atoms with E-state index in [9.17, 15) is 4.79 Å². The highest BCUT2D eigenvalue weighted by Gasteiger charge is 2.15. The van der Waals surface area contributed by atoms with Crippen LogP contribution in [0.1, 0.15) is 45.7 Å². The highest BCUT2D eigenvalue weighted by atomic mass is 16.5. The van der Waals surface area contributed by atoms with Gasteiger partial charge < -0.3 is 10.1 Å². The summed E-state index contributed by atoms with van der Waals surface area (Å²) < 4.78 is 4.62. The Morgan fingerprint density at radius 3 is 2.45 bits per heavy atom. The third-order valence-corrected chi connectivity index (χ3v) is 2.96. The molecule has 0 aliphatic heterocycles. The first-order valence-electron chi connectivity index (χ1n) is 6.91. The van der Waals surface area contributed by atoms with Gasteiger partial charge in [0.1, 0.15) is 0 Å². The summed E-state index contributed by atoms with van der Waals surface area (Å²) in [6.45, 7) is 10.7. The number of ether oxygens (including phenoxy) is 1. The first-order valence-corrected chi connectivity index (χ1v) is 6.91. The minimum absolute atomic E-state index is 0.0952. The molecule has 0 radical (unpaired) electrons. The average molecular weight is 275 g/mol. The Labute approximate surface area is 122 Å². The molecule has 1 aromatic carbocycles. The van der Waals surface area contributed by atoms with E-state index >= 15 is 0 Å². The molecule has 0 aliphatic carbocycles. The molecule has 1 aromatic rings. The number of carbonyl (C=O) groups is 1. The van der Waals surface area contributed by atoms with Crippen molar-refractivity contribution in [3.8, 4) is 0 Å². The number of nitrogens with one attached hydrogen (secondary N) is 1. The molecule has 1 rings (SSSR count). The normalized spacial score (nSPS) is 11.9. The molecule has 20 heavy (non-hydrogen) atoms. The van der Waals surface area contributed by atoms with Gasteiger partial charge in [0.15, 0.2) is 0 Å². The van der Waals surface area contributed by atoms with E-state index in [0.29, 0.717) is 6.04 Å². The van der Waals surface area contributed by atoms with Crippen molar-refractivity contribution >= 4 is 17.7 Å². The molecule has 0 aliphatic rings. The van der Waals surface area contributed by atoms with Crippen molar-refractivity contribution in [1.82, 2.24) is 0 Å². The lowest BCUT2D eigenvalue weighted by Gasteiger charge is -2.22. The SMILES string of the molecule is COC(=O)/C=C/c1ccc(C(C)(C)C)cc1NC(C)C. The third kappa shape index (κ3) is 4.72. The number of rotatable bonds is 4. The summed E-state index contributed by atoms with van der Waals surface area (Å²) >= 11 is 0. The number of hydrogen-bond acceptors (Lipinski definition) is 3. The summed E-state index contributed by atoms with van der Waals surface area (Å²) in [6.07, 6.45) is 3.22. The molecule has 0 fully saturated rings. The van der Waals surface area contributed by atoms with E-state index in [1.165, 1.54) is 18.7 Å². The van der Waals surface area contributed by atoms with Crippen LogP contribution in [-0.4, -0.2) is 19.1 Å². The lowest BCUT2D eigenvalue weighted by atomic mass is 9.86. The van der Waals surface area contributed by atoms with E-state index in [1.807, 2.05) is 6.07 Å². The molecule has 3 nitrogen and oxygen atoms in total. The second-order valence-electron chi connectivity index (χ2n) is 6.21. The Morgan fingerprint density at radius 2 is 1.95 bits per heavy atom. The highest BCUT2D eigenvalue weighted by molar-refractivity contribution is 5.88. The van der Waals surface area contributed by atoms with Crippen LogP contribution < -0.4 is 5.32 Å². The van der Waals surface area contributed by atoms with Gasteiger partial charge in [0.05, 0.1) is 7.11 Å². The molecular weight excluding hydrogens is 250 g/mol. The monoisotopic (exact) mass is 275 g/mol. The molecular formula is C17H25NO2. The van der Waals surface area contributed by atoms with Crippen molar-refractivity contribution in [3.63, 3.8) is 0 Å². The van der Waals surface area contributed by atoms with Gasteiger partial charge >= 0.3 is 5.97 Å². The Morgan fingerprint density at radius 1 is 1.30 bits per heavy atom. The van der Waals surface area contributed by atoms with Gasteiger partial charge in [-0.25, -0.2) is 4.79 Å².